The Balaban J connectivity index is 2.47. The highest BCUT2D eigenvalue weighted by Crippen LogP contribution is 2.38. The van der Waals surface area contributed by atoms with E-state index in [2.05, 4.69) is 15.9 Å². The Morgan fingerprint density at radius 2 is 1.95 bits per heavy atom. The molecule has 1 aromatic heterocycles. The number of carbonyl (C=O) groups excluding carboxylic acids is 1. The molecular formula is C13H10BrNO6. The Kier molecular flexibility index (Phi) is 4.27. The summed E-state index contributed by atoms with van der Waals surface area (Å²) in [4.78, 5) is 22.2. The lowest BCUT2D eigenvalue weighted by molar-refractivity contribution is -0.402. The van der Waals surface area contributed by atoms with Gasteiger partial charge in [-0.3, -0.25) is 14.9 Å². The van der Waals surface area contributed by atoms with Crippen LogP contribution in [0.3, 0.4) is 0 Å². The quantitative estimate of drug-likeness (QED) is 0.464. The number of rotatable bonds is 5. The number of hydrogen-bond donors (Lipinski definition) is 0. The minimum Gasteiger partial charge on any atom is -0.495 e. The van der Waals surface area contributed by atoms with Crippen molar-refractivity contribution in [2.45, 2.75) is 0 Å². The van der Waals surface area contributed by atoms with E-state index >= 15 is 0 Å². The van der Waals surface area contributed by atoms with E-state index in [0.717, 1.165) is 6.07 Å². The van der Waals surface area contributed by atoms with Gasteiger partial charge in [0.25, 0.3) is 0 Å². The van der Waals surface area contributed by atoms with Gasteiger partial charge in [-0.2, -0.15) is 0 Å². The Morgan fingerprint density at radius 3 is 2.48 bits per heavy atom. The number of nitrogens with zero attached hydrogens (tertiary/aromatic N) is 1. The van der Waals surface area contributed by atoms with E-state index in [1.54, 1.807) is 6.07 Å². The van der Waals surface area contributed by atoms with Crippen molar-refractivity contribution in [1.29, 1.82) is 0 Å². The summed E-state index contributed by atoms with van der Waals surface area (Å²) >= 11 is 3.28. The molecule has 0 spiro atoms. The number of ketones is 1. The van der Waals surface area contributed by atoms with Crippen molar-refractivity contribution in [2.75, 3.05) is 14.2 Å². The molecular weight excluding hydrogens is 346 g/mol. The van der Waals surface area contributed by atoms with Crippen LogP contribution in [0, 0.1) is 10.1 Å². The molecule has 0 N–H and O–H groups in total. The highest BCUT2D eigenvalue weighted by molar-refractivity contribution is 9.10. The van der Waals surface area contributed by atoms with E-state index in [9.17, 15) is 14.9 Å². The van der Waals surface area contributed by atoms with Crippen molar-refractivity contribution in [1.82, 2.24) is 0 Å². The van der Waals surface area contributed by atoms with Gasteiger partial charge >= 0.3 is 5.88 Å². The van der Waals surface area contributed by atoms with Crippen LogP contribution in [-0.2, 0) is 0 Å². The zero-order valence-corrected chi connectivity index (χ0v) is 12.7. The molecule has 21 heavy (non-hydrogen) atoms. The van der Waals surface area contributed by atoms with Crippen molar-refractivity contribution in [3.63, 3.8) is 0 Å². The normalized spacial score (nSPS) is 10.2. The fraction of sp³-hybridized carbons (Fsp3) is 0.154. The van der Waals surface area contributed by atoms with E-state index < -0.39 is 16.6 Å². The Hall–Kier alpha value is -2.35. The molecule has 2 aromatic rings. The summed E-state index contributed by atoms with van der Waals surface area (Å²) in [6.07, 6.45) is 0. The van der Waals surface area contributed by atoms with E-state index in [1.165, 1.54) is 26.4 Å². The molecule has 0 atom stereocenters. The van der Waals surface area contributed by atoms with E-state index in [-0.39, 0.29) is 17.1 Å². The molecule has 0 radical (unpaired) electrons. The van der Waals surface area contributed by atoms with Gasteiger partial charge in [0.05, 0.1) is 25.8 Å². The third-order valence-electron chi connectivity index (χ3n) is 2.73. The number of carbonyl (C=O) groups is 1. The molecule has 0 saturated carbocycles. The average Bonchev–Trinajstić information content (AvgIpc) is 2.96. The number of methoxy groups -OCH3 is 2. The Labute approximate surface area is 127 Å². The lowest BCUT2D eigenvalue weighted by Gasteiger charge is -2.11. The number of furan rings is 1. The zero-order valence-electron chi connectivity index (χ0n) is 11.1. The van der Waals surface area contributed by atoms with Crippen molar-refractivity contribution in [2.24, 2.45) is 0 Å². The molecule has 2 rings (SSSR count). The maximum atomic E-state index is 12.4. The first kappa shape index (κ1) is 15.0. The van der Waals surface area contributed by atoms with Crippen LogP contribution in [0.4, 0.5) is 5.88 Å². The molecule has 8 heteroatoms. The third-order valence-corrected chi connectivity index (χ3v) is 3.48. The molecule has 1 heterocycles. The number of benzene rings is 1. The van der Waals surface area contributed by atoms with Crippen molar-refractivity contribution in [3.05, 3.63) is 50.2 Å². The van der Waals surface area contributed by atoms with Gasteiger partial charge in [0.15, 0.2) is 5.76 Å². The van der Waals surface area contributed by atoms with Gasteiger partial charge in [-0.15, -0.1) is 0 Å². The minimum absolute atomic E-state index is 0.142. The van der Waals surface area contributed by atoms with Gasteiger partial charge in [0, 0.05) is 0 Å². The number of hydrogen-bond acceptors (Lipinski definition) is 6. The Morgan fingerprint density at radius 1 is 1.24 bits per heavy atom. The lowest BCUT2D eigenvalue weighted by atomic mass is 10.1. The molecule has 110 valence electrons. The van der Waals surface area contributed by atoms with E-state index in [1.807, 2.05) is 0 Å². The van der Waals surface area contributed by atoms with E-state index in [4.69, 9.17) is 13.9 Å². The summed E-state index contributed by atoms with van der Waals surface area (Å²) in [6.45, 7) is 0. The summed E-state index contributed by atoms with van der Waals surface area (Å²) in [5.41, 5.74) is 0.203. The smallest absolute Gasteiger partial charge is 0.433 e. The van der Waals surface area contributed by atoms with Crippen LogP contribution in [0.15, 0.2) is 33.2 Å². The fourth-order valence-corrected chi connectivity index (χ4v) is 2.42. The number of ether oxygens (including phenoxy) is 2. The van der Waals surface area contributed by atoms with Crippen LogP contribution in [0.2, 0.25) is 0 Å². The summed E-state index contributed by atoms with van der Waals surface area (Å²) < 4.78 is 15.7. The second kappa shape index (κ2) is 5.96. The van der Waals surface area contributed by atoms with Crippen LogP contribution in [-0.4, -0.2) is 24.9 Å². The first-order chi connectivity index (χ1) is 9.99. The molecule has 1 aromatic carbocycles. The molecule has 0 aliphatic carbocycles. The van der Waals surface area contributed by atoms with Gasteiger partial charge < -0.3 is 13.9 Å². The van der Waals surface area contributed by atoms with Gasteiger partial charge in [0.2, 0.25) is 5.78 Å². The topological polar surface area (TPSA) is 91.8 Å². The highest BCUT2D eigenvalue weighted by atomic mass is 79.9. The maximum Gasteiger partial charge on any atom is 0.433 e. The zero-order chi connectivity index (χ0) is 15.6. The predicted molar refractivity (Wildman–Crippen MR) is 76.0 cm³/mol. The summed E-state index contributed by atoms with van der Waals surface area (Å²) in [5.74, 6) is -0.405. The molecule has 0 unspecified atom stereocenters. The Bertz CT molecular complexity index is 709. The first-order valence-electron chi connectivity index (χ1n) is 5.69. The molecule has 0 amide bonds. The second-order valence-electron chi connectivity index (χ2n) is 3.89. The van der Waals surface area contributed by atoms with Gasteiger partial charge in [-0.1, -0.05) is 0 Å². The van der Waals surface area contributed by atoms with Crippen LogP contribution in [0.25, 0.3) is 0 Å². The number of nitro groups is 1. The monoisotopic (exact) mass is 355 g/mol. The summed E-state index contributed by atoms with van der Waals surface area (Å²) in [7, 11) is 2.89. The molecule has 0 aliphatic rings. The first-order valence-corrected chi connectivity index (χ1v) is 6.48. The van der Waals surface area contributed by atoms with Crippen LogP contribution < -0.4 is 9.47 Å². The summed E-state index contributed by atoms with van der Waals surface area (Å²) in [5, 5.41) is 10.6. The van der Waals surface area contributed by atoms with Gasteiger partial charge in [-0.25, -0.2) is 0 Å². The highest BCUT2D eigenvalue weighted by Gasteiger charge is 2.24. The van der Waals surface area contributed by atoms with Crippen LogP contribution >= 0.6 is 15.9 Å². The van der Waals surface area contributed by atoms with Crippen LogP contribution in [0.5, 0.6) is 11.5 Å². The van der Waals surface area contributed by atoms with Crippen molar-refractivity contribution >= 4 is 27.6 Å². The summed E-state index contributed by atoms with van der Waals surface area (Å²) in [6, 6.07) is 5.45. The van der Waals surface area contributed by atoms with Gasteiger partial charge in [0.1, 0.15) is 20.9 Å². The van der Waals surface area contributed by atoms with Crippen molar-refractivity contribution < 1.29 is 23.6 Å². The molecule has 0 aliphatic heterocycles. The molecule has 0 fully saturated rings. The van der Waals surface area contributed by atoms with E-state index in [0.29, 0.717) is 10.2 Å². The molecule has 0 saturated heterocycles. The standard InChI is InChI=1S/C13H10BrNO6/c1-19-8-4-3-7(13(20-2)11(8)14)12(16)9-5-6-10(21-9)15(17)18/h3-6H,1-2H3. The van der Waals surface area contributed by atoms with Crippen LogP contribution in [0.1, 0.15) is 16.1 Å². The van der Waals surface area contributed by atoms with Crippen molar-refractivity contribution in [3.8, 4) is 11.5 Å². The third kappa shape index (κ3) is 2.75. The fourth-order valence-electron chi connectivity index (χ4n) is 1.75. The largest absolute Gasteiger partial charge is 0.495 e. The number of halogens is 1. The van der Waals surface area contributed by atoms with Gasteiger partial charge in [-0.05, 0) is 34.1 Å². The molecule has 0 bridgehead atoms. The minimum atomic E-state index is -0.710. The maximum absolute atomic E-state index is 12.4. The second-order valence-corrected chi connectivity index (χ2v) is 4.68. The SMILES string of the molecule is COc1ccc(C(=O)c2ccc([N+](=O)[O-])o2)c(OC)c1Br. The lowest BCUT2D eigenvalue weighted by Crippen LogP contribution is -2.04. The average molecular weight is 356 g/mol. The molecule has 7 nitrogen and oxygen atoms in total. The predicted octanol–water partition coefficient (Wildman–Crippen LogP) is 3.20.